The molecule has 1 aliphatic rings. The largest absolute Gasteiger partial charge is 0.336 e. The second-order valence-corrected chi connectivity index (χ2v) is 5.11. The molecule has 0 aliphatic carbocycles. The van der Waals surface area contributed by atoms with Crippen molar-refractivity contribution in [2.24, 2.45) is 0 Å². The molecule has 1 aromatic rings. The number of amides is 1. The zero-order valence-corrected chi connectivity index (χ0v) is 11.1. The van der Waals surface area contributed by atoms with Crippen LogP contribution in [0.1, 0.15) is 36.5 Å². The van der Waals surface area contributed by atoms with E-state index in [1.54, 1.807) is 6.07 Å². The molecular formula is C12H14Cl2N2O. The summed E-state index contributed by atoms with van der Waals surface area (Å²) in [4.78, 5) is 18.0. The van der Waals surface area contributed by atoms with Gasteiger partial charge in [-0.3, -0.25) is 4.79 Å². The molecule has 17 heavy (non-hydrogen) atoms. The van der Waals surface area contributed by atoms with Crippen LogP contribution in [0.15, 0.2) is 12.3 Å². The number of carbonyl (C=O) groups is 1. The van der Waals surface area contributed by atoms with Gasteiger partial charge in [0, 0.05) is 18.8 Å². The Balaban J connectivity index is 2.21. The molecule has 1 saturated heterocycles. The minimum Gasteiger partial charge on any atom is -0.336 e. The van der Waals surface area contributed by atoms with Crippen molar-refractivity contribution in [1.29, 1.82) is 0 Å². The lowest BCUT2D eigenvalue weighted by Gasteiger charge is -2.33. The van der Waals surface area contributed by atoms with E-state index in [2.05, 4.69) is 11.9 Å². The van der Waals surface area contributed by atoms with Crippen molar-refractivity contribution in [3.63, 3.8) is 0 Å². The lowest BCUT2D eigenvalue weighted by Crippen LogP contribution is -2.42. The highest BCUT2D eigenvalue weighted by Gasteiger charge is 2.24. The number of carbonyl (C=O) groups excluding carboxylic acids is 1. The van der Waals surface area contributed by atoms with Crippen LogP contribution in [0.4, 0.5) is 0 Å². The Morgan fingerprint density at radius 1 is 1.47 bits per heavy atom. The number of hydrogen-bond acceptors (Lipinski definition) is 2. The van der Waals surface area contributed by atoms with Gasteiger partial charge in [-0.1, -0.05) is 23.2 Å². The van der Waals surface area contributed by atoms with Crippen LogP contribution in [0.3, 0.4) is 0 Å². The average Bonchev–Trinajstić information content (AvgIpc) is 2.32. The van der Waals surface area contributed by atoms with Crippen molar-refractivity contribution in [3.8, 4) is 0 Å². The average molecular weight is 273 g/mol. The molecule has 1 fully saturated rings. The maximum atomic E-state index is 12.3. The van der Waals surface area contributed by atoms with E-state index in [-0.39, 0.29) is 17.1 Å². The maximum absolute atomic E-state index is 12.3. The fourth-order valence-electron chi connectivity index (χ4n) is 2.10. The van der Waals surface area contributed by atoms with Crippen LogP contribution in [0, 0.1) is 0 Å². The predicted molar refractivity (Wildman–Crippen MR) is 68.6 cm³/mol. The first kappa shape index (κ1) is 12.7. The topological polar surface area (TPSA) is 33.2 Å². The van der Waals surface area contributed by atoms with Crippen LogP contribution in [0.2, 0.25) is 10.2 Å². The summed E-state index contributed by atoms with van der Waals surface area (Å²) >= 11 is 11.6. The first-order valence-electron chi connectivity index (χ1n) is 5.71. The van der Waals surface area contributed by atoms with E-state index in [9.17, 15) is 4.79 Å². The summed E-state index contributed by atoms with van der Waals surface area (Å²) in [5.74, 6) is -0.0109. The number of pyridine rings is 1. The van der Waals surface area contributed by atoms with Gasteiger partial charge in [-0.2, -0.15) is 0 Å². The number of piperidine rings is 1. The number of halogens is 2. The second kappa shape index (κ2) is 5.23. The molecule has 92 valence electrons. The summed E-state index contributed by atoms with van der Waals surface area (Å²) in [6, 6.07) is 1.87. The quantitative estimate of drug-likeness (QED) is 0.735. The highest BCUT2D eigenvalue weighted by molar-refractivity contribution is 6.41. The van der Waals surface area contributed by atoms with Crippen molar-refractivity contribution in [2.75, 3.05) is 6.54 Å². The zero-order valence-electron chi connectivity index (χ0n) is 9.62. The molecule has 1 aliphatic heterocycles. The maximum Gasteiger partial charge on any atom is 0.255 e. The lowest BCUT2D eigenvalue weighted by molar-refractivity contribution is 0.0635. The van der Waals surface area contributed by atoms with E-state index in [4.69, 9.17) is 23.2 Å². The van der Waals surface area contributed by atoms with Crippen molar-refractivity contribution < 1.29 is 4.79 Å². The Bertz CT molecular complexity index is 437. The van der Waals surface area contributed by atoms with Gasteiger partial charge in [0.25, 0.3) is 5.91 Å². The van der Waals surface area contributed by atoms with E-state index in [0.29, 0.717) is 10.6 Å². The third-order valence-corrected chi connectivity index (χ3v) is 3.79. The Morgan fingerprint density at radius 2 is 2.24 bits per heavy atom. The van der Waals surface area contributed by atoms with Gasteiger partial charge >= 0.3 is 0 Å². The molecule has 3 nitrogen and oxygen atoms in total. The third-order valence-electron chi connectivity index (χ3n) is 3.11. The summed E-state index contributed by atoms with van der Waals surface area (Å²) in [6.07, 6.45) is 4.79. The van der Waals surface area contributed by atoms with Crippen molar-refractivity contribution in [3.05, 3.63) is 28.0 Å². The highest BCUT2D eigenvalue weighted by Crippen LogP contribution is 2.23. The van der Waals surface area contributed by atoms with E-state index < -0.39 is 0 Å². The number of likely N-dealkylation sites (tertiary alicyclic amines) is 1. The summed E-state index contributed by atoms with van der Waals surface area (Å²) in [5.41, 5.74) is 0.508. The van der Waals surface area contributed by atoms with Crippen LogP contribution in [-0.4, -0.2) is 28.4 Å². The molecule has 0 bridgehead atoms. The minimum absolute atomic E-state index is 0.0109. The molecule has 2 heterocycles. The number of aromatic nitrogens is 1. The predicted octanol–water partition coefficient (Wildman–Crippen LogP) is 3.40. The lowest BCUT2D eigenvalue weighted by atomic mass is 10.0. The Hall–Kier alpha value is -0.800. The second-order valence-electron chi connectivity index (χ2n) is 4.34. The van der Waals surface area contributed by atoms with Gasteiger partial charge in [0.2, 0.25) is 0 Å². The van der Waals surface area contributed by atoms with Crippen molar-refractivity contribution in [1.82, 2.24) is 9.88 Å². The Morgan fingerprint density at radius 3 is 2.88 bits per heavy atom. The molecule has 0 radical (unpaired) electrons. The number of rotatable bonds is 1. The van der Waals surface area contributed by atoms with Crippen molar-refractivity contribution in [2.45, 2.75) is 32.2 Å². The Kier molecular flexibility index (Phi) is 3.89. The van der Waals surface area contributed by atoms with Gasteiger partial charge in [0.1, 0.15) is 5.15 Å². The first-order valence-corrected chi connectivity index (χ1v) is 6.47. The smallest absolute Gasteiger partial charge is 0.255 e. The van der Waals surface area contributed by atoms with Crippen LogP contribution in [0.5, 0.6) is 0 Å². The molecule has 1 atom stereocenters. The SMILES string of the molecule is C[C@H]1CCCCN1C(=O)c1cnc(Cl)c(Cl)c1. The molecule has 0 unspecified atom stereocenters. The number of hydrogen-bond donors (Lipinski definition) is 0. The summed E-state index contributed by atoms with van der Waals surface area (Å²) in [6.45, 7) is 2.88. The normalized spacial score (nSPS) is 20.4. The summed E-state index contributed by atoms with van der Waals surface area (Å²) < 4.78 is 0. The number of nitrogens with zero attached hydrogens (tertiary/aromatic N) is 2. The van der Waals surface area contributed by atoms with Gasteiger partial charge in [-0.05, 0) is 32.3 Å². The zero-order chi connectivity index (χ0) is 12.4. The molecule has 0 N–H and O–H groups in total. The fourth-order valence-corrected chi connectivity index (χ4v) is 2.37. The van der Waals surface area contributed by atoms with Gasteiger partial charge in [-0.15, -0.1) is 0 Å². The molecule has 1 aromatic heterocycles. The highest BCUT2D eigenvalue weighted by atomic mass is 35.5. The van der Waals surface area contributed by atoms with Gasteiger partial charge in [-0.25, -0.2) is 4.98 Å². The molecule has 0 saturated carbocycles. The van der Waals surface area contributed by atoms with Crippen molar-refractivity contribution >= 4 is 29.1 Å². The molecule has 5 heteroatoms. The van der Waals surface area contributed by atoms with E-state index in [1.807, 2.05) is 4.90 Å². The molecule has 0 spiro atoms. The van der Waals surface area contributed by atoms with Crippen LogP contribution < -0.4 is 0 Å². The van der Waals surface area contributed by atoms with Crippen LogP contribution in [0.25, 0.3) is 0 Å². The molecule has 1 amide bonds. The first-order chi connectivity index (χ1) is 8.09. The van der Waals surface area contributed by atoms with Crippen LogP contribution in [-0.2, 0) is 0 Å². The van der Waals surface area contributed by atoms with Gasteiger partial charge < -0.3 is 4.90 Å². The molecule has 0 aromatic carbocycles. The van der Waals surface area contributed by atoms with E-state index in [0.717, 1.165) is 19.4 Å². The fraction of sp³-hybridized carbons (Fsp3) is 0.500. The minimum atomic E-state index is -0.0109. The Labute approximate surface area is 111 Å². The molecular weight excluding hydrogens is 259 g/mol. The van der Waals surface area contributed by atoms with Gasteiger partial charge in [0.05, 0.1) is 10.6 Å². The van der Waals surface area contributed by atoms with Gasteiger partial charge in [0.15, 0.2) is 0 Å². The summed E-state index contributed by atoms with van der Waals surface area (Å²) in [7, 11) is 0. The third kappa shape index (κ3) is 2.72. The molecule has 2 rings (SSSR count). The standard InChI is InChI=1S/C12H14Cl2N2O/c1-8-4-2-3-5-16(8)12(17)9-6-10(13)11(14)15-7-9/h6-8H,2-5H2,1H3/t8-/m0/s1. The van der Waals surface area contributed by atoms with Crippen LogP contribution >= 0.6 is 23.2 Å². The van der Waals surface area contributed by atoms with E-state index in [1.165, 1.54) is 12.6 Å². The monoisotopic (exact) mass is 272 g/mol. The summed E-state index contributed by atoms with van der Waals surface area (Å²) in [5, 5.41) is 0.553. The van der Waals surface area contributed by atoms with E-state index >= 15 is 0 Å².